The van der Waals surface area contributed by atoms with E-state index in [0.29, 0.717) is 42.4 Å². The van der Waals surface area contributed by atoms with Crippen LogP contribution in [0.15, 0.2) is 80.1 Å². The molecule has 0 saturated carbocycles. The molecule has 1 aliphatic rings. The molecule has 0 aliphatic carbocycles. The molecule has 51 heavy (non-hydrogen) atoms. The summed E-state index contributed by atoms with van der Waals surface area (Å²) in [4.78, 5) is 55.1. The number of rotatable bonds is 13. The number of thiazole rings is 1. The molecular formula is C35H31BrClN3O10S. The van der Waals surface area contributed by atoms with Gasteiger partial charge in [-0.25, -0.2) is 14.6 Å². The first kappa shape index (κ1) is 37.3. The first-order valence-electron chi connectivity index (χ1n) is 15.5. The Morgan fingerprint density at radius 1 is 1.06 bits per heavy atom. The van der Waals surface area contributed by atoms with Crippen LogP contribution in [0.3, 0.4) is 0 Å². The van der Waals surface area contributed by atoms with Gasteiger partial charge in [-0.2, -0.15) is 0 Å². The maximum absolute atomic E-state index is 14.3. The smallest absolute Gasteiger partial charge is 0.343 e. The molecule has 0 bridgehead atoms. The lowest BCUT2D eigenvalue weighted by molar-refractivity contribution is -0.384. The van der Waals surface area contributed by atoms with Crippen LogP contribution in [0.5, 0.6) is 17.2 Å². The summed E-state index contributed by atoms with van der Waals surface area (Å²) >= 11 is 11.0. The lowest BCUT2D eigenvalue weighted by atomic mass is 9.95. The Bertz CT molecular complexity index is 2220. The molecule has 0 saturated heterocycles. The first-order valence-corrected chi connectivity index (χ1v) is 17.5. The van der Waals surface area contributed by atoms with Crippen molar-refractivity contribution >= 4 is 62.6 Å². The van der Waals surface area contributed by atoms with Gasteiger partial charge in [0.1, 0.15) is 12.4 Å². The molecular weight excluding hydrogens is 770 g/mol. The number of nitrogens with zero attached hydrogens (tertiary/aromatic N) is 3. The van der Waals surface area contributed by atoms with E-state index < -0.39 is 28.5 Å². The lowest BCUT2D eigenvalue weighted by Gasteiger charge is -2.25. The number of hydrogen-bond acceptors (Lipinski definition) is 12. The highest BCUT2D eigenvalue weighted by atomic mass is 79.9. The Kier molecular flexibility index (Phi) is 12.0. The molecule has 1 aliphatic heterocycles. The van der Waals surface area contributed by atoms with E-state index in [4.69, 9.17) is 30.5 Å². The number of non-ortho nitro benzene ring substituents is 1. The number of benzene rings is 3. The maximum Gasteiger partial charge on any atom is 0.343 e. The van der Waals surface area contributed by atoms with Crippen LogP contribution in [0.1, 0.15) is 43.5 Å². The zero-order chi connectivity index (χ0) is 36.8. The van der Waals surface area contributed by atoms with Crippen molar-refractivity contribution in [1.29, 1.82) is 0 Å². The highest BCUT2D eigenvalue weighted by Gasteiger charge is 2.34. The summed E-state index contributed by atoms with van der Waals surface area (Å²) in [5.74, 6) is -0.277. The van der Waals surface area contributed by atoms with E-state index in [-0.39, 0.29) is 53.7 Å². The van der Waals surface area contributed by atoms with Crippen molar-refractivity contribution in [3.63, 3.8) is 0 Å². The van der Waals surface area contributed by atoms with Gasteiger partial charge in [0.05, 0.1) is 51.6 Å². The molecule has 1 atom stereocenters. The molecule has 4 aromatic rings. The summed E-state index contributed by atoms with van der Waals surface area (Å²) in [5, 5.41) is 11.4. The number of esters is 2. The van der Waals surface area contributed by atoms with Gasteiger partial charge in [0.15, 0.2) is 22.9 Å². The number of fused-ring (bicyclic) bond motifs is 1. The van der Waals surface area contributed by atoms with Gasteiger partial charge in [-0.05, 0) is 90.3 Å². The average molecular weight is 801 g/mol. The van der Waals surface area contributed by atoms with Crippen LogP contribution >= 0.6 is 38.9 Å². The molecule has 266 valence electrons. The molecule has 5 rings (SSSR count). The number of nitro groups is 1. The zero-order valence-corrected chi connectivity index (χ0v) is 30.9. The second kappa shape index (κ2) is 16.4. The van der Waals surface area contributed by atoms with E-state index in [1.54, 1.807) is 69.3 Å². The molecule has 0 N–H and O–H groups in total. The Balaban J connectivity index is 1.62. The minimum absolute atomic E-state index is 0.0425. The number of methoxy groups -OCH3 is 1. The van der Waals surface area contributed by atoms with Crippen molar-refractivity contribution in [3.05, 3.63) is 122 Å². The summed E-state index contributed by atoms with van der Waals surface area (Å²) in [6.45, 7) is 5.23. The van der Waals surface area contributed by atoms with Crippen molar-refractivity contribution < 1.29 is 38.2 Å². The van der Waals surface area contributed by atoms with Crippen LogP contribution in [0.25, 0.3) is 6.08 Å². The molecule has 3 aromatic carbocycles. The summed E-state index contributed by atoms with van der Waals surface area (Å²) in [6, 6.07) is 13.2. The minimum atomic E-state index is -0.958. The number of nitro benzene ring substituents is 1. The third-order valence-corrected chi connectivity index (χ3v) is 9.32. The molecule has 0 amide bonds. The Morgan fingerprint density at radius 3 is 2.47 bits per heavy atom. The van der Waals surface area contributed by atoms with Crippen molar-refractivity contribution in [2.75, 3.05) is 26.9 Å². The largest absolute Gasteiger partial charge is 0.490 e. The molecule has 0 unspecified atom stereocenters. The third-order valence-electron chi connectivity index (χ3n) is 7.53. The van der Waals surface area contributed by atoms with E-state index in [9.17, 15) is 24.5 Å². The first-order chi connectivity index (χ1) is 24.4. The van der Waals surface area contributed by atoms with Crippen LogP contribution in [-0.4, -0.2) is 48.4 Å². The fourth-order valence-electron chi connectivity index (χ4n) is 5.24. The van der Waals surface area contributed by atoms with Crippen LogP contribution < -0.4 is 29.1 Å². The van der Waals surface area contributed by atoms with Gasteiger partial charge in [0.25, 0.3) is 11.2 Å². The van der Waals surface area contributed by atoms with Gasteiger partial charge in [-0.15, -0.1) is 0 Å². The topological polar surface area (TPSA) is 158 Å². The van der Waals surface area contributed by atoms with Crippen molar-refractivity contribution in [1.82, 2.24) is 4.57 Å². The molecule has 2 heterocycles. The number of ether oxygens (including phenoxy) is 5. The fraction of sp³-hybridized carbons (Fsp3) is 0.257. The molecule has 1 aromatic heterocycles. The van der Waals surface area contributed by atoms with E-state index in [1.165, 1.54) is 23.8 Å². The molecule has 16 heteroatoms. The quantitative estimate of drug-likeness (QED) is 0.0940. The van der Waals surface area contributed by atoms with E-state index in [2.05, 4.69) is 25.7 Å². The van der Waals surface area contributed by atoms with Gasteiger partial charge in [-0.1, -0.05) is 29.0 Å². The van der Waals surface area contributed by atoms with Gasteiger partial charge in [0, 0.05) is 22.7 Å². The fourth-order valence-corrected chi connectivity index (χ4v) is 7.22. The monoisotopic (exact) mass is 799 g/mol. The average Bonchev–Trinajstić information content (AvgIpc) is 3.40. The Labute approximate surface area is 308 Å². The van der Waals surface area contributed by atoms with E-state index in [1.807, 2.05) is 0 Å². The van der Waals surface area contributed by atoms with Crippen LogP contribution in [0.4, 0.5) is 5.69 Å². The third kappa shape index (κ3) is 8.32. The van der Waals surface area contributed by atoms with Crippen LogP contribution in [0.2, 0.25) is 5.02 Å². The number of aromatic nitrogens is 1. The standard InChI is InChI=1S/C35H31BrClN3O10S/c1-5-47-27-14-21(9-12-26(27)49-18-29(41)46-4)31-30(34(43)48-6-2)19(3)38-35-39(31)33(42)28(51-35)15-22-13-23(37)16-25(36)32(22)50-17-20-7-10-24(11-8-20)40(44)45/h7-16,31H,5-6,17-18H2,1-4H3/b28-15+/t31-/m0/s1. The number of allylic oxidation sites excluding steroid dienone is 1. The molecule has 0 spiro atoms. The normalized spacial score (nSPS) is 14.0. The summed E-state index contributed by atoms with van der Waals surface area (Å²) in [7, 11) is 1.25. The maximum atomic E-state index is 14.3. The van der Waals surface area contributed by atoms with Crippen molar-refractivity contribution in [3.8, 4) is 17.2 Å². The zero-order valence-electron chi connectivity index (χ0n) is 27.8. The lowest BCUT2D eigenvalue weighted by Crippen LogP contribution is -2.40. The SMILES string of the molecule is CCOC(=O)C1=C(C)N=c2s/c(=C/c3cc(Cl)cc(Br)c3OCc3ccc([N+](=O)[O-])cc3)c(=O)n2[C@H]1c1ccc(OCC(=O)OC)c(OCC)c1. The predicted molar refractivity (Wildman–Crippen MR) is 192 cm³/mol. The van der Waals surface area contributed by atoms with Gasteiger partial charge >= 0.3 is 11.9 Å². The molecule has 13 nitrogen and oxygen atoms in total. The second-order valence-corrected chi connectivity index (χ2v) is 13.1. The number of carbonyl (C=O) groups excluding carboxylic acids is 2. The summed E-state index contributed by atoms with van der Waals surface area (Å²) in [6.07, 6.45) is 1.63. The summed E-state index contributed by atoms with van der Waals surface area (Å²) < 4.78 is 29.9. The van der Waals surface area contributed by atoms with Crippen molar-refractivity contribution in [2.24, 2.45) is 4.99 Å². The second-order valence-electron chi connectivity index (χ2n) is 10.8. The number of halogens is 2. The molecule has 0 fully saturated rings. The summed E-state index contributed by atoms with van der Waals surface area (Å²) in [5.41, 5.74) is 1.71. The van der Waals surface area contributed by atoms with Gasteiger partial charge < -0.3 is 23.7 Å². The van der Waals surface area contributed by atoms with Gasteiger partial charge in [-0.3, -0.25) is 19.5 Å². The number of carbonyl (C=O) groups is 2. The Morgan fingerprint density at radius 2 is 1.80 bits per heavy atom. The van der Waals surface area contributed by atoms with E-state index >= 15 is 0 Å². The predicted octanol–water partition coefficient (Wildman–Crippen LogP) is 5.65. The van der Waals surface area contributed by atoms with Crippen LogP contribution in [0, 0.1) is 10.1 Å². The van der Waals surface area contributed by atoms with E-state index in [0.717, 1.165) is 11.3 Å². The van der Waals surface area contributed by atoms with Crippen molar-refractivity contribution in [2.45, 2.75) is 33.4 Å². The Hall–Kier alpha value is -4.99. The highest BCUT2D eigenvalue weighted by molar-refractivity contribution is 9.10. The van der Waals surface area contributed by atoms with Gasteiger partial charge in [0.2, 0.25) is 0 Å². The minimum Gasteiger partial charge on any atom is -0.490 e. The highest BCUT2D eigenvalue weighted by Crippen LogP contribution is 2.37. The number of hydrogen-bond donors (Lipinski definition) is 0. The van der Waals surface area contributed by atoms with Crippen LogP contribution in [-0.2, 0) is 25.7 Å². The molecule has 0 radical (unpaired) electrons.